The molecule has 4 nitrogen and oxygen atoms in total. The first-order chi connectivity index (χ1) is 9.40. The van der Waals surface area contributed by atoms with Crippen molar-refractivity contribution >= 4 is 5.78 Å². The molecule has 0 radical (unpaired) electrons. The van der Waals surface area contributed by atoms with Gasteiger partial charge in [0.2, 0.25) is 0 Å². The van der Waals surface area contributed by atoms with E-state index in [9.17, 15) is 9.59 Å². The van der Waals surface area contributed by atoms with E-state index in [1.54, 1.807) is 17.6 Å². The Morgan fingerprint density at radius 3 is 2.60 bits per heavy atom. The van der Waals surface area contributed by atoms with Gasteiger partial charge in [0, 0.05) is 22.4 Å². The molecule has 3 heterocycles. The highest BCUT2D eigenvalue weighted by Gasteiger charge is 2.24. The topological polar surface area (TPSA) is 52.0 Å². The number of fused-ring (bicyclic) bond motifs is 3. The quantitative estimate of drug-likeness (QED) is 0.637. The third kappa shape index (κ3) is 1.64. The maximum atomic E-state index is 12.4. The van der Waals surface area contributed by atoms with Crippen molar-refractivity contribution in [1.29, 1.82) is 0 Å². The number of Topliss-reactive ketones (excluding diaryl/α,β-unsaturated/α-hetero) is 1. The Morgan fingerprint density at radius 1 is 1.25 bits per heavy atom. The van der Waals surface area contributed by atoms with E-state index in [-0.39, 0.29) is 11.3 Å². The van der Waals surface area contributed by atoms with E-state index in [2.05, 4.69) is 11.1 Å². The average Bonchev–Trinajstić information content (AvgIpc) is 2.72. The number of ketones is 1. The molecule has 3 rings (SSSR count). The van der Waals surface area contributed by atoms with Gasteiger partial charge in [-0.2, -0.15) is 0 Å². The van der Waals surface area contributed by atoms with E-state index in [1.807, 2.05) is 13.8 Å². The van der Waals surface area contributed by atoms with Crippen molar-refractivity contribution in [3.8, 4) is 11.4 Å². The van der Waals surface area contributed by atoms with Crippen LogP contribution in [0.1, 0.15) is 39.7 Å². The van der Waals surface area contributed by atoms with E-state index in [4.69, 9.17) is 0 Å². The second kappa shape index (κ2) is 4.13. The number of carbonyl (C=O) groups excluding carboxylic acids is 1. The molecule has 20 heavy (non-hydrogen) atoms. The maximum absolute atomic E-state index is 12.4. The molecule has 0 aliphatic carbocycles. The average molecular weight is 268 g/mol. The molecule has 0 saturated carbocycles. The van der Waals surface area contributed by atoms with Crippen LogP contribution in [0.5, 0.6) is 0 Å². The van der Waals surface area contributed by atoms with Gasteiger partial charge >= 0.3 is 0 Å². The number of hydrogen-bond acceptors (Lipinski definition) is 3. The summed E-state index contributed by atoms with van der Waals surface area (Å²) in [6, 6.07) is 3.87. The molecule has 102 valence electrons. The number of pyridine rings is 2. The molecule has 0 saturated heterocycles. The zero-order chi connectivity index (χ0) is 14.6. The van der Waals surface area contributed by atoms with Gasteiger partial charge < -0.3 is 4.57 Å². The second-order valence-electron chi connectivity index (χ2n) is 5.41. The van der Waals surface area contributed by atoms with E-state index in [0.29, 0.717) is 17.7 Å². The lowest BCUT2D eigenvalue weighted by Gasteiger charge is -2.08. The minimum Gasteiger partial charge on any atom is -0.302 e. The molecule has 2 aromatic rings. The summed E-state index contributed by atoms with van der Waals surface area (Å²) in [5.74, 6) is -0.0831. The summed E-state index contributed by atoms with van der Waals surface area (Å²) in [7, 11) is 0. The molecule has 0 N–H and O–H groups in total. The fourth-order valence-corrected chi connectivity index (χ4v) is 2.74. The van der Waals surface area contributed by atoms with Gasteiger partial charge in [0.25, 0.3) is 5.56 Å². The van der Waals surface area contributed by atoms with Crippen LogP contribution in [0.2, 0.25) is 0 Å². The zero-order valence-corrected chi connectivity index (χ0v) is 12.1. The Balaban J connectivity index is 2.35. The van der Waals surface area contributed by atoms with Gasteiger partial charge in [-0.05, 0) is 39.3 Å². The Hall–Kier alpha value is -2.23. The van der Waals surface area contributed by atoms with E-state index in [0.717, 1.165) is 28.2 Å². The standard InChI is InChI=1S/C16H16N2O2/c1-8-5-12-7-18-14(15(12)17-10(8)3)6-13(11(4)19)9(2)16(18)20/h5-6H,7H2,1-4H3. The van der Waals surface area contributed by atoms with Gasteiger partial charge in [0.15, 0.2) is 5.78 Å². The molecule has 0 aromatic carbocycles. The maximum Gasteiger partial charge on any atom is 0.255 e. The highest BCUT2D eigenvalue weighted by Crippen LogP contribution is 2.31. The van der Waals surface area contributed by atoms with Gasteiger partial charge in [-0.1, -0.05) is 6.07 Å². The largest absolute Gasteiger partial charge is 0.302 e. The van der Waals surface area contributed by atoms with Gasteiger partial charge in [-0.25, -0.2) is 0 Å². The predicted molar refractivity (Wildman–Crippen MR) is 77.3 cm³/mol. The van der Waals surface area contributed by atoms with Crippen LogP contribution in [0, 0.1) is 20.8 Å². The molecule has 2 aromatic heterocycles. The van der Waals surface area contributed by atoms with Crippen molar-refractivity contribution in [2.24, 2.45) is 0 Å². The summed E-state index contributed by atoms with van der Waals surface area (Å²) in [6.45, 7) is 7.70. The van der Waals surface area contributed by atoms with Crippen LogP contribution in [-0.2, 0) is 6.54 Å². The molecule has 0 atom stereocenters. The van der Waals surface area contributed by atoms with Gasteiger partial charge in [-0.3, -0.25) is 14.6 Å². The van der Waals surface area contributed by atoms with Crippen molar-refractivity contribution in [3.63, 3.8) is 0 Å². The number of hydrogen-bond donors (Lipinski definition) is 0. The summed E-state index contributed by atoms with van der Waals surface area (Å²) in [6.07, 6.45) is 0. The molecule has 1 aliphatic heterocycles. The smallest absolute Gasteiger partial charge is 0.255 e. The molecular formula is C16H16N2O2. The number of aryl methyl sites for hydroxylation is 2. The summed E-state index contributed by atoms with van der Waals surface area (Å²) >= 11 is 0. The van der Waals surface area contributed by atoms with Gasteiger partial charge in [0.05, 0.1) is 17.9 Å². The number of aromatic nitrogens is 2. The summed E-state index contributed by atoms with van der Waals surface area (Å²) in [4.78, 5) is 28.7. The minimum atomic E-state index is -0.0963. The Bertz CT molecular complexity index is 816. The fraction of sp³-hybridized carbons (Fsp3) is 0.312. The highest BCUT2D eigenvalue weighted by molar-refractivity contribution is 5.96. The lowest BCUT2D eigenvalue weighted by Crippen LogP contribution is -2.23. The first kappa shape index (κ1) is 12.8. The third-order valence-electron chi connectivity index (χ3n) is 4.04. The van der Waals surface area contributed by atoms with Crippen LogP contribution in [0.3, 0.4) is 0 Å². The summed E-state index contributed by atoms with van der Waals surface area (Å²) in [5, 5.41) is 0. The SMILES string of the molecule is CC(=O)c1cc2n(c(=O)c1C)Cc1cc(C)c(C)nc1-2. The minimum absolute atomic E-state index is 0.0831. The van der Waals surface area contributed by atoms with Crippen LogP contribution in [-0.4, -0.2) is 15.3 Å². The Morgan fingerprint density at radius 2 is 1.95 bits per heavy atom. The molecule has 1 aliphatic rings. The van der Waals surface area contributed by atoms with Gasteiger partial charge in [-0.15, -0.1) is 0 Å². The molecule has 0 bridgehead atoms. The van der Waals surface area contributed by atoms with Crippen molar-refractivity contribution in [3.05, 3.63) is 50.4 Å². The second-order valence-corrected chi connectivity index (χ2v) is 5.41. The Kier molecular flexibility index (Phi) is 2.64. The van der Waals surface area contributed by atoms with Crippen molar-refractivity contribution in [2.75, 3.05) is 0 Å². The molecule has 0 fully saturated rings. The van der Waals surface area contributed by atoms with E-state index >= 15 is 0 Å². The monoisotopic (exact) mass is 268 g/mol. The number of carbonyl (C=O) groups is 1. The zero-order valence-electron chi connectivity index (χ0n) is 12.1. The molecule has 0 amide bonds. The van der Waals surface area contributed by atoms with Crippen LogP contribution in [0.4, 0.5) is 0 Å². The number of nitrogens with zero attached hydrogens (tertiary/aromatic N) is 2. The van der Waals surface area contributed by atoms with Gasteiger partial charge in [0.1, 0.15) is 0 Å². The summed E-state index contributed by atoms with van der Waals surface area (Å²) in [5.41, 5.74) is 5.61. The van der Waals surface area contributed by atoms with Crippen LogP contribution in [0.15, 0.2) is 16.9 Å². The molecule has 4 heteroatoms. The third-order valence-corrected chi connectivity index (χ3v) is 4.04. The normalized spacial score (nSPS) is 12.2. The predicted octanol–water partition coefficient (Wildman–Crippen LogP) is 2.40. The Labute approximate surface area is 117 Å². The number of rotatable bonds is 1. The molecular weight excluding hydrogens is 252 g/mol. The lowest BCUT2D eigenvalue weighted by atomic mass is 10.0. The fourth-order valence-electron chi connectivity index (χ4n) is 2.74. The molecule has 0 spiro atoms. The van der Waals surface area contributed by atoms with Crippen LogP contribution >= 0.6 is 0 Å². The first-order valence-electron chi connectivity index (χ1n) is 6.63. The van der Waals surface area contributed by atoms with Crippen LogP contribution < -0.4 is 5.56 Å². The van der Waals surface area contributed by atoms with Crippen LogP contribution in [0.25, 0.3) is 11.4 Å². The molecule has 0 unspecified atom stereocenters. The first-order valence-corrected chi connectivity index (χ1v) is 6.63. The summed E-state index contributed by atoms with van der Waals surface area (Å²) < 4.78 is 1.71. The highest BCUT2D eigenvalue weighted by atomic mass is 16.1. The van der Waals surface area contributed by atoms with E-state index < -0.39 is 0 Å². The van der Waals surface area contributed by atoms with Crippen molar-refractivity contribution in [2.45, 2.75) is 34.2 Å². The lowest BCUT2D eigenvalue weighted by molar-refractivity contribution is 0.101. The van der Waals surface area contributed by atoms with Crippen molar-refractivity contribution < 1.29 is 4.79 Å². The van der Waals surface area contributed by atoms with Crippen molar-refractivity contribution in [1.82, 2.24) is 9.55 Å². The van der Waals surface area contributed by atoms with E-state index in [1.165, 1.54) is 6.92 Å².